The fourth-order valence-corrected chi connectivity index (χ4v) is 2.86. The van der Waals surface area contributed by atoms with E-state index in [0.29, 0.717) is 13.0 Å². The summed E-state index contributed by atoms with van der Waals surface area (Å²) >= 11 is 0. The highest BCUT2D eigenvalue weighted by Crippen LogP contribution is 2.26. The van der Waals surface area contributed by atoms with Crippen molar-refractivity contribution in [1.82, 2.24) is 10.2 Å². The zero-order chi connectivity index (χ0) is 16.8. The summed E-state index contributed by atoms with van der Waals surface area (Å²) in [5.41, 5.74) is 0. The molecule has 3 rings (SSSR count). The Balaban J connectivity index is 1.77. The summed E-state index contributed by atoms with van der Waals surface area (Å²) in [6, 6.07) is 14.1. The third-order valence-electron chi connectivity index (χ3n) is 4.19. The average molecular weight is 328 g/mol. The van der Waals surface area contributed by atoms with Crippen LogP contribution in [0.25, 0.3) is 10.8 Å². The van der Waals surface area contributed by atoms with Crippen LogP contribution in [0, 0.1) is 0 Å². The molecule has 0 spiro atoms. The topological polar surface area (TPSA) is 50.8 Å². The van der Waals surface area contributed by atoms with Gasteiger partial charge in [-0.2, -0.15) is 0 Å². The van der Waals surface area contributed by atoms with Gasteiger partial charge in [0.05, 0.1) is 19.8 Å². The summed E-state index contributed by atoms with van der Waals surface area (Å²) in [5, 5.41) is 5.16. The van der Waals surface area contributed by atoms with E-state index in [2.05, 4.69) is 22.3 Å². The van der Waals surface area contributed by atoms with E-state index in [0.717, 1.165) is 42.8 Å². The fraction of sp³-hybridized carbons (Fsp3) is 0.421. The lowest BCUT2D eigenvalue weighted by Gasteiger charge is -2.31. The first-order chi connectivity index (χ1) is 11.8. The molecule has 128 valence electrons. The van der Waals surface area contributed by atoms with Gasteiger partial charge in [0.1, 0.15) is 5.75 Å². The Morgan fingerprint density at radius 3 is 2.75 bits per heavy atom. The van der Waals surface area contributed by atoms with Crippen molar-refractivity contribution in [3.05, 3.63) is 42.5 Å². The molecule has 1 N–H and O–H groups in total. The quantitative estimate of drug-likeness (QED) is 0.828. The van der Waals surface area contributed by atoms with Gasteiger partial charge in [-0.25, -0.2) is 0 Å². The minimum Gasteiger partial charge on any atom is -0.469 e. The lowest BCUT2D eigenvalue weighted by atomic mass is 10.1. The molecule has 2 aromatic rings. The molecule has 0 radical (unpaired) electrons. The van der Waals surface area contributed by atoms with Crippen LogP contribution >= 0.6 is 0 Å². The lowest BCUT2D eigenvalue weighted by molar-refractivity contribution is -0.123. The summed E-state index contributed by atoms with van der Waals surface area (Å²) in [6.07, 6.45) is 0.0692. The Hall–Kier alpha value is -2.11. The van der Waals surface area contributed by atoms with Crippen molar-refractivity contribution in [2.75, 3.05) is 32.8 Å². The zero-order valence-electron chi connectivity index (χ0n) is 14.0. The molecule has 1 atom stereocenters. The number of carbonyl (C=O) groups is 1. The predicted octanol–water partition coefficient (Wildman–Crippen LogP) is 2.40. The van der Waals surface area contributed by atoms with Crippen LogP contribution in [0.1, 0.15) is 13.3 Å². The molecule has 5 heteroatoms. The third kappa shape index (κ3) is 4.24. The number of amides is 1. The number of nitrogens with one attached hydrogen (secondary N) is 1. The van der Waals surface area contributed by atoms with Crippen molar-refractivity contribution in [2.24, 2.45) is 0 Å². The number of benzene rings is 2. The average Bonchev–Trinajstić information content (AvgIpc) is 2.62. The van der Waals surface area contributed by atoms with Gasteiger partial charge in [0, 0.05) is 24.9 Å². The molecule has 1 aliphatic heterocycles. The Kier molecular flexibility index (Phi) is 5.67. The first-order valence-electron chi connectivity index (χ1n) is 8.50. The molecule has 0 aliphatic carbocycles. The molecule has 1 heterocycles. The maximum atomic E-state index is 11.9. The zero-order valence-corrected chi connectivity index (χ0v) is 14.0. The standard InChI is InChI=1S/C19H24N2O3/c1-2-18(22)20-19(14-21-10-12-23-13-11-21)24-17-9-5-7-15-6-3-4-8-16(15)17/h3-9,19H,2,10-14H2,1H3,(H,20,22). The predicted molar refractivity (Wildman–Crippen MR) is 94.1 cm³/mol. The number of rotatable bonds is 6. The normalized spacial score (nSPS) is 16.7. The largest absolute Gasteiger partial charge is 0.469 e. The molecule has 0 bridgehead atoms. The second kappa shape index (κ2) is 8.13. The smallest absolute Gasteiger partial charge is 0.222 e. The SMILES string of the molecule is CCC(=O)NC(CN1CCOCC1)Oc1cccc2ccccc12. The third-order valence-corrected chi connectivity index (χ3v) is 4.19. The second-order valence-corrected chi connectivity index (χ2v) is 5.92. The molecule has 0 aromatic heterocycles. The Bertz CT molecular complexity index is 678. The van der Waals surface area contributed by atoms with Crippen LogP contribution in [0.3, 0.4) is 0 Å². The van der Waals surface area contributed by atoms with E-state index in [1.807, 2.05) is 37.3 Å². The highest BCUT2D eigenvalue weighted by Gasteiger charge is 2.20. The van der Waals surface area contributed by atoms with Crippen LogP contribution in [-0.4, -0.2) is 49.9 Å². The van der Waals surface area contributed by atoms with Crippen molar-refractivity contribution in [1.29, 1.82) is 0 Å². The van der Waals surface area contributed by atoms with E-state index >= 15 is 0 Å². The molecule has 1 amide bonds. The number of morpholine rings is 1. The molecular formula is C19H24N2O3. The minimum absolute atomic E-state index is 0.00602. The van der Waals surface area contributed by atoms with Crippen LogP contribution < -0.4 is 10.1 Å². The fourth-order valence-electron chi connectivity index (χ4n) is 2.86. The molecule has 24 heavy (non-hydrogen) atoms. The maximum Gasteiger partial charge on any atom is 0.222 e. The van der Waals surface area contributed by atoms with E-state index in [-0.39, 0.29) is 12.1 Å². The van der Waals surface area contributed by atoms with Gasteiger partial charge in [-0.1, -0.05) is 43.3 Å². The van der Waals surface area contributed by atoms with Gasteiger partial charge in [-0.15, -0.1) is 0 Å². The van der Waals surface area contributed by atoms with Gasteiger partial charge in [0.2, 0.25) is 5.91 Å². The van der Waals surface area contributed by atoms with Crippen LogP contribution in [0.4, 0.5) is 0 Å². The highest BCUT2D eigenvalue weighted by atomic mass is 16.5. The second-order valence-electron chi connectivity index (χ2n) is 5.92. The molecule has 2 aromatic carbocycles. The first-order valence-corrected chi connectivity index (χ1v) is 8.50. The summed E-state index contributed by atoms with van der Waals surface area (Å²) in [6.45, 7) is 5.66. The number of fused-ring (bicyclic) bond motifs is 1. The number of nitrogens with zero attached hydrogens (tertiary/aromatic N) is 1. The van der Waals surface area contributed by atoms with E-state index in [9.17, 15) is 4.79 Å². The van der Waals surface area contributed by atoms with E-state index in [1.54, 1.807) is 0 Å². The Morgan fingerprint density at radius 2 is 1.96 bits per heavy atom. The maximum absolute atomic E-state index is 11.9. The molecule has 1 unspecified atom stereocenters. The van der Waals surface area contributed by atoms with E-state index in [1.165, 1.54) is 0 Å². The van der Waals surface area contributed by atoms with E-state index in [4.69, 9.17) is 9.47 Å². The van der Waals surface area contributed by atoms with Crippen LogP contribution in [-0.2, 0) is 9.53 Å². The Labute approximate surface area is 142 Å². The van der Waals surface area contributed by atoms with Crippen molar-refractivity contribution in [2.45, 2.75) is 19.6 Å². The van der Waals surface area contributed by atoms with Gasteiger partial charge in [0.25, 0.3) is 0 Å². The number of hydrogen-bond donors (Lipinski definition) is 1. The summed E-state index contributed by atoms with van der Waals surface area (Å²) in [5.74, 6) is 0.788. The lowest BCUT2D eigenvalue weighted by Crippen LogP contribution is -2.49. The van der Waals surface area contributed by atoms with Crippen molar-refractivity contribution >= 4 is 16.7 Å². The number of carbonyl (C=O) groups excluding carboxylic acids is 1. The Morgan fingerprint density at radius 1 is 1.21 bits per heavy atom. The summed E-state index contributed by atoms with van der Waals surface area (Å²) in [7, 11) is 0. The molecule has 1 fully saturated rings. The number of ether oxygens (including phenoxy) is 2. The molecular weight excluding hydrogens is 304 g/mol. The van der Waals surface area contributed by atoms with Crippen LogP contribution in [0.2, 0.25) is 0 Å². The molecule has 5 nitrogen and oxygen atoms in total. The minimum atomic E-state index is -0.374. The molecule has 0 saturated carbocycles. The number of hydrogen-bond acceptors (Lipinski definition) is 4. The van der Waals surface area contributed by atoms with Crippen molar-refractivity contribution in [3.63, 3.8) is 0 Å². The summed E-state index contributed by atoms with van der Waals surface area (Å²) < 4.78 is 11.6. The van der Waals surface area contributed by atoms with Crippen molar-refractivity contribution < 1.29 is 14.3 Å². The van der Waals surface area contributed by atoms with Gasteiger partial charge in [-0.05, 0) is 11.5 Å². The van der Waals surface area contributed by atoms with Crippen LogP contribution in [0.5, 0.6) is 5.75 Å². The molecule has 1 saturated heterocycles. The van der Waals surface area contributed by atoms with E-state index < -0.39 is 0 Å². The molecule has 1 aliphatic rings. The van der Waals surface area contributed by atoms with Crippen LogP contribution in [0.15, 0.2) is 42.5 Å². The van der Waals surface area contributed by atoms with Gasteiger partial charge < -0.3 is 14.8 Å². The summed E-state index contributed by atoms with van der Waals surface area (Å²) in [4.78, 5) is 14.1. The van der Waals surface area contributed by atoms with Gasteiger partial charge in [0.15, 0.2) is 6.23 Å². The first kappa shape index (κ1) is 16.7. The monoisotopic (exact) mass is 328 g/mol. The highest BCUT2D eigenvalue weighted by molar-refractivity contribution is 5.88. The van der Waals surface area contributed by atoms with Gasteiger partial charge in [-0.3, -0.25) is 9.69 Å². The van der Waals surface area contributed by atoms with Crippen molar-refractivity contribution in [3.8, 4) is 5.75 Å². The van der Waals surface area contributed by atoms with Gasteiger partial charge >= 0.3 is 0 Å².